The fourth-order valence-corrected chi connectivity index (χ4v) is 1.81. The lowest BCUT2D eigenvalue weighted by Gasteiger charge is -2.20. The second kappa shape index (κ2) is 6.54. The summed E-state index contributed by atoms with van der Waals surface area (Å²) < 4.78 is 1.74. The predicted molar refractivity (Wildman–Crippen MR) is 72.4 cm³/mol. The number of carbonyl (C=O) groups is 1. The maximum atomic E-state index is 12.2. The van der Waals surface area contributed by atoms with Gasteiger partial charge in [-0.15, -0.1) is 0 Å². The first-order valence-corrected chi connectivity index (χ1v) is 6.61. The molecule has 0 aliphatic rings. The largest absolute Gasteiger partial charge is 0.346 e. The molecule has 1 heterocycles. The number of nitrogens with two attached hydrogens (primary N) is 1. The SMILES string of the molecule is CCc1cc(C(=O)NC(CN)C(C)C)n(CC)n1. The molecule has 0 spiro atoms. The Morgan fingerprint density at radius 3 is 2.61 bits per heavy atom. The summed E-state index contributed by atoms with van der Waals surface area (Å²) >= 11 is 0. The average molecular weight is 252 g/mol. The fourth-order valence-electron chi connectivity index (χ4n) is 1.81. The number of amides is 1. The second-order valence-electron chi connectivity index (χ2n) is 4.75. The smallest absolute Gasteiger partial charge is 0.269 e. The van der Waals surface area contributed by atoms with Gasteiger partial charge in [-0.1, -0.05) is 20.8 Å². The lowest BCUT2D eigenvalue weighted by Crippen LogP contribution is -2.44. The van der Waals surface area contributed by atoms with Crippen LogP contribution in [-0.4, -0.2) is 28.3 Å². The molecule has 1 aromatic heterocycles. The van der Waals surface area contributed by atoms with Gasteiger partial charge in [0.15, 0.2) is 0 Å². The van der Waals surface area contributed by atoms with Gasteiger partial charge in [0, 0.05) is 19.1 Å². The first-order valence-electron chi connectivity index (χ1n) is 6.61. The van der Waals surface area contributed by atoms with Crippen LogP contribution in [-0.2, 0) is 13.0 Å². The van der Waals surface area contributed by atoms with Crippen LogP contribution in [0.1, 0.15) is 43.9 Å². The number of aryl methyl sites for hydroxylation is 2. The van der Waals surface area contributed by atoms with Gasteiger partial charge in [-0.2, -0.15) is 5.10 Å². The average Bonchev–Trinajstić information content (AvgIpc) is 2.78. The Morgan fingerprint density at radius 1 is 1.50 bits per heavy atom. The van der Waals surface area contributed by atoms with E-state index < -0.39 is 0 Å². The molecule has 3 N–H and O–H groups in total. The molecule has 102 valence electrons. The molecule has 0 aliphatic heterocycles. The Morgan fingerprint density at radius 2 is 2.17 bits per heavy atom. The highest BCUT2D eigenvalue weighted by Gasteiger charge is 2.19. The first kappa shape index (κ1) is 14.7. The van der Waals surface area contributed by atoms with Crippen LogP contribution in [0.5, 0.6) is 0 Å². The fraction of sp³-hybridized carbons (Fsp3) is 0.692. The van der Waals surface area contributed by atoms with E-state index in [4.69, 9.17) is 5.73 Å². The van der Waals surface area contributed by atoms with Crippen molar-refractivity contribution in [3.05, 3.63) is 17.5 Å². The van der Waals surface area contributed by atoms with Crippen LogP contribution >= 0.6 is 0 Å². The molecule has 1 amide bonds. The van der Waals surface area contributed by atoms with Crippen molar-refractivity contribution in [2.75, 3.05) is 6.54 Å². The topological polar surface area (TPSA) is 72.9 Å². The number of hydrogen-bond acceptors (Lipinski definition) is 3. The summed E-state index contributed by atoms with van der Waals surface area (Å²) in [6.45, 7) is 9.24. The summed E-state index contributed by atoms with van der Waals surface area (Å²) in [5, 5.41) is 7.34. The molecule has 0 aromatic carbocycles. The molecule has 0 fully saturated rings. The third-order valence-corrected chi connectivity index (χ3v) is 3.10. The Kier molecular flexibility index (Phi) is 5.34. The Labute approximate surface area is 109 Å². The highest BCUT2D eigenvalue weighted by molar-refractivity contribution is 5.92. The minimum atomic E-state index is -0.0896. The lowest BCUT2D eigenvalue weighted by atomic mass is 10.0. The monoisotopic (exact) mass is 252 g/mol. The van der Waals surface area contributed by atoms with Gasteiger partial charge in [0.1, 0.15) is 5.69 Å². The highest BCUT2D eigenvalue weighted by Crippen LogP contribution is 2.07. The van der Waals surface area contributed by atoms with E-state index in [1.165, 1.54) is 0 Å². The molecule has 1 unspecified atom stereocenters. The molecule has 5 heteroatoms. The van der Waals surface area contributed by atoms with E-state index in [0.29, 0.717) is 24.7 Å². The van der Waals surface area contributed by atoms with Crippen molar-refractivity contribution in [1.29, 1.82) is 0 Å². The molecule has 5 nitrogen and oxygen atoms in total. The van der Waals surface area contributed by atoms with Crippen molar-refractivity contribution < 1.29 is 4.79 Å². The normalized spacial score (nSPS) is 12.8. The number of nitrogens with one attached hydrogen (secondary N) is 1. The number of aromatic nitrogens is 2. The predicted octanol–water partition coefficient (Wildman–Crippen LogP) is 1.18. The summed E-state index contributed by atoms with van der Waals surface area (Å²) in [6.07, 6.45) is 0.831. The zero-order valence-electron chi connectivity index (χ0n) is 11.7. The highest BCUT2D eigenvalue weighted by atomic mass is 16.2. The summed E-state index contributed by atoms with van der Waals surface area (Å²) in [6, 6.07) is 1.86. The lowest BCUT2D eigenvalue weighted by molar-refractivity contribution is 0.0917. The molecule has 1 aromatic rings. The summed E-state index contributed by atoms with van der Waals surface area (Å²) in [5.74, 6) is 0.232. The van der Waals surface area contributed by atoms with Gasteiger partial charge in [-0.05, 0) is 25.3 Å². The van der Waals surface area contributed by atoms with Gasteiger partial charge in [0.25, 0.3) is 5.91 Å². The van der Waals surface area contributed by atoms with Crippen LogP contribution < -0.4 is 11.1 Å². The molecular weight excluding hydrogens is 228 g/mol. The van der Waals surface area contributed by atoms with Crippen LogP contribution in [0, 0.1) is 5.92 Å². The quantitative estimate of drug-likeness (QED) is 0.798. The van der Waals surface area contributed by atoms with Crippen LogP contribution in [0.4, 0.5) is 0 Å². The standard InChI is InChI=1S/C13H24N4O/c1-5-10-7-12(17(6-2)16-10)13(18)15-11(8-14)9(3)4/h7,9,11H,5-6,8,14H2,1-4H3,(H,15,18). The Hall–Kier alpha value is -1.36. The molecular formula is C13H24N4O. The Balaban J connectivity index is 2.86. The van der Waals surface area contributed by atoms with E-state index in [2.05, 4.69) is 10.4 Å². The maximum absolute atomic E-state index is 12.2. The van der Waals surface area contributed by atoms with E-state index in [9.17, 15) is 4.79 Å². The van der Waals surface area contributed by atoms with Gasteiger partial charge in [-0.25, -0.2) is 0 Å². The number of hydrogen-bond donors (Lipinski definition) is 2. The van der Waals surface area contributed by atoms with Crippen LogP contribution in [0.25, 0.3) is 0 Å². The Bertz CT molecular complexity index is 398. The van der Waals surface area contributed by atoms with Gasteiger partial charge < -0.3 is 11.1 Å². The van der Waals surface area contributed by atoms with Crippen molar-refractivity contribution in [2.24, 2.45) is 11.7 Å². The zero-order valence-corrected chi connectivity index (χ0v) is 11.7. The van der Waals surface area contributed by atoms with Gasteiger partial charge in [-0.3, -0.25) is 9.48 Å². The van der Waals surface area contributed by atoms with Crippen LogP contribution in [0.3, 0.4) is 0 Å². The number of nitrogens with zero attached hydrogens (tertiary/aromatic N) is 2. The second-order valence-corrected chi connectivity index (χ2v) is 4.75. The van der Waals surface area contributed by atoms with E-state index in [1.54, 1.807) is 4.68 Å². The van der Waals surface area contributed by atoms with Crippen molar-refractivity contribution in [1.82, 2.24) is 15.1 Å². The summed E-state index contributed by atoms with van der Waals surface area (Å²) in [4.78, 5) is 12.2. The van der Waals surface area contributed by atoms with Gasteiger partial charge in [0.2, 0.25) is 0 Å². The molecule has 0 saturated carbocycles. The third-order valence-electron chi connectivity index (χ3n) is 3.10. The molecule has 0 saturated heterocycles. The van der Waals surface area contributed by atoms with E-state index in [0.717, 1.165) is 12.1 Å². The zero-order chi connectivity index (χ0) is 13.7. The minimum absolute atomic E-state index is 0.00258. The van der Waals surface area contributed by atoms with Gasteiger partial charge >= 0.3 is 0 Å². The molecule has 1 atom stereocenters. The van der Waals surface area contributed by atoms with E-state index in [1.807, 2.05) is 33.8 Å². The minimum Gasteiger partial charge on any atom is -0.346 e. The number of rotatable bonds is 6. The molecule has 1 rings (SSSR count). The van der Waals surface area contributed by atoms with Crippen molar-refractivity contribution in [2.45, 2.75) is 46.7 Å². The maximum Gasteiger partial charge on any atom is 0.269 e. The summed E-state index contributed by atoms with van der Waals surface area (Å²) in [5.41, 5.74) is 7.22. The molecule has 18 heavy (non-hydrogen) atoms. The first-order chi connectivity index (χ1) is 8.53. The molecule has 0 bridgehead atoms. The van der Waals surface area contributed by atoms with Crippen LogP contribution in [0.2, 0.25) is 0 Å². The third kappa shape index (κ3) is 3.32. The van der Waals surface area contributed by atoms with Gasteiger partial charge in [0.05, 0.1) is 5.69 Å². The van der Waals surface area contributed by atoms with E-state index in [-0.39, 0.29) is 11.9 Å². The van der Waals surface area contributed by atoms with Crippen molar-refractivity contribution >= 4 is 5.91 Å². The van der Waals surface area contributed by atoms with Crippen LogP contribution in [0.15, 0.2) is 6.07 Å². The molecule has 0 aliphatic carbocycles. The van der Waals surface area contributed by atoms with E-state index >= 15 is 0 Å². The number of carbonyl (C=O) groups excluding carboxylic acids is 1. The summed E-state index contributed by atoms with van der Waals surface area (Å²) in [7, 11) is 0. The molecule has 0 radical (unpaired) electrons. The van der Waals surface area contributed by atoms with Crippen molar-refractivity contribution in [3.63, 3.8) is 0 Å². The van der Waals surface area contributed by atoms with Crippen molar-refractivity contribution in [3.8, 4) is 0 Å².